The number of aromatic amines is 1. The van der Waals surface area contributed by atoms with Gasteiger partial charge in [-0.3, -0.25) is 0 Å². The number of hydrogen-bond acceptors (Lipinski definition) is 3. The summed E-state index contributed by atoms with van der Waals surface area (Å²) >= 11 is 0. The van der Waals surface area contributed by atoms with Gasteiger partial charge in [0.2, 0.25) is 0 Å². The summed E-state index contributed by atoms with van der Waals surface area (Å²) in [5.41, 5.74) is 8.82. The first-order valence-electron chi connectivity index (χ1n) is 6.38. The van der Waals surface area contributed by atoms with Gasteiger partial charge in [0, 0.05) is 23.2 Å². The Labute approximate surface area is 114 Å². The molecular formula is C15H21N3O. The molecule has 0 fully saturated rings. The van der Waals surface area contributed by atoms with Crippen LogP contribution in [0.5, 0.6) is 5.75 Å². The van der Waals surface area contributed by atoms with E-state index < -0.39 is 0 Å². The van der Waals surface area contributed by atoms with Gasteiger partial charge in [0.1, 0.15) is 11.6 Å². The van der Waals surface area contributed by atoms with Gasteiger partial charge in [0.15, 0.2) is 0 Å². The Hall–Kier alpha value is -1.81. The lowest BCUT2D eigenvalue weighted by Crippen LogP contribution is -2.34. The number of hydrogen-bond donors (Lipinski definition) is 2. The van der Waals surface area contributed by atoms with Crippen molar-refractivity contribution < 1.29 is 4.74 Å². The van der Waals surface area contributed by atoms with Gasteiger partial charge in [0.05, 0.1) is 12.8 Å². The molecule has 0 amide bonds. The van der Waals surface area contributed by atoms with Crippen molar-refractivity contribution in [1.29, 1.82) is 0 Å². The second kappa shape index (κ2) is 5.05. The molecule has 0 saturated heterocycles. The molecule has 4 nitrogen and oxygen atoms in total. The normalized spacial score (nSPS) is 11.6. The lowest BCUT2D eigenvalue weighted by atomic mass is 10.0. The molecule has 1 aromatic heterocycles. The molecule has 0 atom stereocenters. The van der Waals surface area contributed by atoms with Crippen LogP contribution in [0, 0.1) is 6.92 Å². The Morgan fingerprint density at radius 3 is 2.74 bits per heavy atom. The second-order valence-electron chi connectivity index (χ2n) is 5.55. The number of H-pyrrole nitrogens is 1. The van der Waals surface area contributed by atoms with E-state index in [1.54, 1.807) is 7.11 Å². The molecule has 4 heteroatoms. The van der Waals surface area contributed by atoms with E-state index in [0.29, 0.717) is 0 Å². The van der Waals surface area contributed by atoms with Gasteiger partial charge in [-0.15, -0.1) is 0 Å². The Balaban J connectivity index is 2.34. The maximum absolute atomic E-state index is 6.03. The molecule has 1 aromatic carbocycles. The van der Waals surface area contributed by atoms with E-state index in [2.05, 4.69) is 9.97 Å². The highest BCUT2D eigenvalue weighted by molar-refractivity contribution is 5.63. The van der Waals surface area contributed by atoms with Crippen LogP contribution in [-0.2, 0) is 6.42 Å². The van der Waals surface area contributed by atoms with E-state index in [1.807, 2.05) is 45.0 Å². The molecule has 2 rings (SSSR count). The number of rotatable bonds is 4. The van der Waals surface area contributed by atoms with Crippen LogP contribution in [0.15, 0.2) is 24.3 Å². The number of methoxy groups -OCH3 is 1. The minimum Gasteiger partial charge on any atom is -0.497 e. The fourth-order valence-electron chi connectivity index (χ4n) is 2.09. The average Bonchev–Trinajstić information content (AvgIpc) is 2.68. The summed E-state index contributed by atoms with van der Waals surface area (Å²) in [7, 11) is 1.67. The number of nitrogens with two attached hydrogens (primary N) is 1. The van der Waals surface area contributed by atoms with Crippen molar-refractivity contribution in [1.82, 2.24) is 9.97 Å². The first kappa shape index (κ1) is 13.6. The topological polar surface area (TPSA) is 63.9 Å². The summed E-state index contributed by atoms with van der Waals surface area (Å²) in [6.07, 6.45) is 0.720. The predicted molar refractivity (Wildman–Crippen MR) is 77.3 cm³/mol. The summed E-state index contributed by atoms with van der Waals surface area (Å²) in [6.45, 7) is 6.01. The molecule has 0 unspecified atom stereocenters. The number of benzene rings is 1. The van der Waals surface area contributed by atoms with Crippen LogP contribution >= 0.6 is 0 Å². The monoisotopic (exact) mass is 259 g/mol. The van der Waals surface area contributed by atoms with Crippen LogP contribution in [0.25, 0.3) is 11.3 Å². The Kier molecular flexibility index (Phi) is 3.62. The summed E-state index contributed by atoms with van der Waals surface area (Å²) in [6, 6.07) is 7.91. The van der Waals surface area contributed by atoms with Crippen molar-refractivity contribution in [3.8, 4) is 17.0 Å². The summed E-state index contributed by atoms with van der Waals surface area (Å²) in [5, 5.41) is 0. The van der Waals surface area contributed by atoms with Gasteiger partial charge in [0.25, 0.3) is 0 Å². The zero-order valence-electron chi connectivity index (χ0n) is 11.9. The van der Waals surface area contributed by atoms with E-state index in [1.165, 1.54) is 0 Å². The van der Waals surface area contributed by atoms with Crippen LogP contribution in [0.3, 0.4) is 0 Å². The third-order valence-electron chi connectivity index (χ3n) is 2.90. The highest BCUT2D eigenvalue weighted by Gasteiger charge is 2.16. The Bertz CT molecular complexity index is 567. The van der Waals surface area contributed by atoms with Gasteiger partial charge in [-0.2, -0.15) is 0 Å². The SMILES string of the molecule is COc1cccc(-c2nc(CC(C)(C)N)[nH]c2C)c1. The molecule has 0 aliphatic rings. The maximum Gasteiger partial charge on any atom is 0.119 e. The van der Waals surface area contributed by atoms with E-state index in [4.69, 9.17) is 10.5 Å². The zero-order chi connectivity index (χ0) is 14.0. The molecule has 102 valence electrons. The standard InChI is InChI=1S/C15H21N3O/c1-10-14(11-6-5-7-12(8-11)19-4)18-13(17-10)9-15(2,3)16/h5-8H,9,16H2,1-4H3,(H,17,18). The molecule has 0 radical (unpaired) electrons. The first-order chi connectivity index (χ1) is 8.89. The highest BCUT2D eigenvalue weighted by atomic mass is 16.5. The number of nitrogens with zero attached hydrogens (tertiary/aromatic N) is 1. The van der Waals surface area contributed by atoms with Crippen molar-refractivity contribution >= 4 is 0 Å². The lowest BCUT2D eigenvalue weighted by molar-refractivity contribution is 0.415. The first-order valence-corrected chi connectivity index (χ1v) is 6.38. The molecule has 0 saturated carbocycles. The van der Waals surface area contributed by atoms with Crippen LogP contribution in [-0.4, -0.2) is 22.6 Å². The molecule has 19 heavy (non-hydrogen) atoms. The van der Waals surface area contributed by atoms with E-state index >= 15 is 0 Å². The van der Waals surface area contributed by atoms with Gasteiger partial charge in [-0.1, -0.05) is 12.1 Å². The molecule has 0 aliphatic heterocycles. The molecule has 2 aromatic rings. The quantitative estimate of drug-likeness (QED) is 0.887. The Morgan fingerprint density at radius 1 is 1.37 bits per heavy atom. The van der Waals surface area contributed by atoms with E-state index in [9.17, 15) is 0 Å². The van der Waals surface area contributed by atoms with Crippen molar-refractivity contribution in [3.05, 3.63) is 35.8 Å². The van der Waals surface area contributed by atoms with Crippen LogP contribution in [0.2, 0.25) is 0 Å². The van der Waals surface area contributed by atoms with E-state index in [0.717, 1.165) is 34.9 Å². The van der Waals surface area contributed by atoms with Crippen molar-refractivity contribution in [3.63, 3.8) is 0 Å². The van der Waals surface area contributed by atoms with Gasteiger partial charge in [-0.25, -0.2) is 4.98 Å². The van der Waals surface area contributed by atoms with Gasteiger partial charge < -0.3 is 15.5 Å². The van der Waals surface area contributed by atoms with Crippen LogP contribution in [0.4, 0.5) is 0 Å². The summed E-state index contributed by atoms with van der Waals surface area (Å²) in [4.78, 5) is 7.95. The van der Waals surface area contributed by atoms with Gasteiger partial charge in [-0.05, 0) is 32.9 Å². The number of imidazole rings is 1. The third-order valence-corrected chi connectivity index (χ3v) is 2.90. The van der Waals surface area contributed by atoms with E-state index in [-0.39, 0.29) is 5.54 Å². The maximum atomic E-state index is 6.03. The molecule has 3 N–H and O–H groups in total. The molecule has 0 bridgehead atoms. The fraction of sp³-hybridized carbons (Fsp3) is 0.400. The number of aromatic nitrogens is 2. The summed E-state index contributed by atoms with van der Waals surface area (Å²) < 4.78 is 5.25. The minimum absolute atomic E-state index is 0.268. The number of ether oxygens (including phenoxy) is 1. The number of aryl methyl sites for hydroxylation is 1. The highest BCUT2D eigenvalue weighted by Crippen LogP contribution is 2.25. The molecule has 1 heterocycles. The van der Waals surface area contributed by atoms with Gasteiger partial charge >= 0.3 is 0 Å². The predicted octanol–water partition coefficient (Wildman–Crippen LogP) is 2.67. The largest absolute Gasteiger partial charge is 0.497 e. The third kappa shape index (κ3) is 3.35. The number of nitrogens with one attached hydrogen (secondary N) is 1. The van der Waals surface area contributed by atoms with Crippen molar-refractivity contribution in [2.75, 3.05) is 7.11 Å². The molecular weight excluding hydrogens is 238 g/mol. The minimum atomic E-state index is -0.268. The lowest BCUT2D eigenvalue weighted by Gasteiger charge is -2.15. The van der Waals surface area contributed by atoms with Crippen molar-refractivity contribution in [2.45, 2.75) is 32.7 Å². The summed E-state index contributed by atoms with van der Waals surface area (Å²) in [5.74, 6) is 1.75. The average molecular weight is 259 g/mol. The van der Waals surface area contributed by atoms with Crippen molar-refractivity contribution in [2.24, 2.45) is 5.73 Å². The second-order valence-corrected chi connectivity index (χ2v) is 5.55. The molecule has 0 aliphatic carbocycles. The Morgan fingerprint density at radius 2 is 2.11 bits per heavy atom. The molecule has 0 spiro atoms. The zero-order valence-corrected chi connectivity index (χ0v) is 11.9. The fourth-order valence-corrected chi connectivity index (χ4v) is 2.09. The van der Waals surface area contributed by atoms with Crippen LogP contribution < -0.4 is 10.5 Å². The van der Waals surface area contributed by atoms with Crippen LogP contribution in [0.1, 0.15) is 25.4 Å². The smallest absolute Gasteiger partial charge is 0.119 e.